The van der Waals surface area contributed by atoms with Gasteiger partial charge in [0.25, 0.3) is 11.8 Å². The molecule has 3 heterocycles. The van der Waals surface area contributed by atoms with Gasteiger partial charge in [0, 0.05) is 64.5 Å². The van der Waals surface area contributed by atoms with E-state index in [0.717, 1.165) is 38.0 Å². The lowest BCUT2D eigenvalue weighted by atomic mass is 9.99. The summed E-state index contributed by atoms with van der Waals surface area (Å²) in [5.74, 6) is 0.416. The highest BCUT2D eigenvalue weighted by atomic mass is 35.5. The van der Waals surface area contributed by atoms with E-state index >= 15 is 0 Å². The van der Waals surface area contributed by atoms with E-state index in [0.29, 0.717) is 63.3 Å². The molecule has 11 heteroatoms. The van der Waals surface area contributed by atoms with Crippen LogP contribution in [0.5, 0.6) is 0 Å². The molecule has 2 aromatic carbocycles. The molecule has 42 heavy (non-hydrogen) atoms. The van der Waals surface area contributed by atoms with Gasteiger partial charge < -0.3 is 15.1 Å². The summed E-state index contributed by atoms with van der Waals surface area (Å²) in [4.78, 5) is 36.8. The van der Waals surface area contributed by atoms with Crippen LogP contribution in [-0.4, -0.2) is 71.4 Å². The van der Waals surface area contributed by atoms with Gasteiger partial charge in [-0.3, -0.25) is 14.5 Å². The average molecular weight is 628 g/mol. The molecular formula is C31H33Cl3N6O2. The van der Waals surface area contributed by atoms with Gasteiger partial charge in [0.15, 0.2) is 0 Å². The lowest BCUT2D eigenvalue weighted by Crippen LogP contribution is -2.58. The van der Waals surface area contributed by atoms with Gasteiger partial charge in [0.05, 0.1) is 32.3 Å². The molecule has 0 bridgehead atoms. The first-order chi connectivity index (χ1) is 20.2. The van der Waals surface area contributed by atoms with Crippen LogP contribution in [0.25, 0.3) is 0 Å². The molecule has 2 amide bonds. The fourth-order valence-corrected chi connectivity index (χ4v) is 6.31. The SMILES string of the molecule is C[C@H]1CN(c2ncc(C(=O)NCc3ccc(Cl)c(Cl)c3)cc2Cl)CCN1C1CCN(C(=O)c2ccc(C#N)cc2)CC1.[HH]. The van der Waals surface area contributed by atoms with Crippen molar-refractivity contribution < 1.29 is 11.0 Å². The smallest absolute Gasteiger partial charge is 0.253 e. The van der Waals surface area contributed by atoms with Crippen molar-refractivity contribution in [3.8, 4) is 6.07 Å². The first-order valence-electron chi connectivity index (χ1n) is 13.9. The summed E-state index contributed by atoms with van der Waals surface area (Å²) in [6.45, 7) is 6.32. The lowest BCUT2D eigenvalue weighted by molar-refractivity contribution is 0.0525. The number of likely N-dealkylation sites (tertiary alicyclic amines) is 1. The van der Waals surface area contributed by atoms with Crippen LogP contribution in [0.2, 0.25) is 15.1 Å². The Kier molecular flexibility index (Phi) is 9.54. The highest BCUT2D eigenvalue weighted by Gasteiger charge is 2.33. The third kappa shape index (κ3) is 6.82. The van der Waals surface area contributed by atoms with Crippen LogP contribution in [0, 0.1) is 11.3 Å². The fraction of sp³-hybridized carbons (Fsp3) is 0.355. The van der Waals surface area contributed by atoms with Gasteiger partial charge in [-0.15, -0.1) is 0 Å². The molecule has 3 aromatic rings. The summed E-state index contributed by atoms with van der Waals surface area (Å²) in [7, 11) is 0. The lowest BCUT2D eigenvalue weighted by Gasteiger charge is -2.46. The topological polar surface area (TPSA) is 92.6 Å². The molecule has 0 radical (unpaired) electrons. The summed E-state index contributed by atoms with van der Waals surface area (Å²) < 4.78 is 0. The first-order valence-corrected chi connectivity index (χ1v) is 15.0. The quantitative estimate of drug-likeness (QED) is 0.366. The molecule has 2 saturated heterocycles. The number of rotatable bonds is 6. The van der Waals surface area contributed by atoms with E-state index in [1.165, 1.54) is 0 Å². The van der Waals surface area contributed by atoms with Gasteiger partial charge in [0.2, 0.25) is 0 Å². The van der Waals surface area contributed by atoms with Crippen LogP contribution < -0.4 is 10.2 Å². The second-order valence-electron chi connectivity index (χ2n) is 10.7. The summed E-state index contributed by atoms with van der Waals surface area (Å²) in [6, 6.07) is 16.5. The number of amides is 2. The molecular weight excluding hydrogens is 595 g/mol. The number of carbonyl (C=O) groups is 2. The average Bonchev–Trinajstić information content (AvgIpc) is 3.01. The summed E-state index contributed by atoms with van der Waals surface area (Å²) in [5.41, 5.74) is 2.39. The van der Waals surface area contributed by atoms with E-state index in [1.807, 2.05) is 11.0 Å². The van der Waals surface area contributed by atoms with Gasteiger partial charge >= 0.3 is 0 Å². The number of pyridine rings is 1. The minimum atomic E-state index is -0.274. The minimum absolute atomic E-state index is 0. The summed E-state index contributed by atoms with van der Waals surface area (Å²) in [6.07, 6.45) is 3.39. The van der Waals surface area contributed by atoms with Gasteiger partial charge in [-0.1, -0.05) is 40.9 Å². The number of benzene rings is 2. The Morgan fingerprint density at radius 3 is 2.36 bits per heavy atom. The van der Waals surface area contributed by atoms with E-state index in [9.17, 15) is 9.59 Å². The molecule has 5 rings (SSSR count). The standard InChI is InChI=1S/C31H31Cl3N6O2.H2/c1-20-19-39(29-28(34)15-24(18-36-29)30(41)37-17-22-4-7-26(32)27(33)14-22)12-13-40(20)25-8-10-38(11-9-25)31(42)23-5-2-21(16-35)3-6-23;/h2-7,14-15,18,20,25H,8-13,17,19H2,1H3,(H,37,41);1H/t20-;/m0./s1. The number of nitriles is 1. The first kappa shape index (κ1) is 30.1. The Morgan fingerprint density at radius 2 is 1.71 bits per heavy atom. The molecule has 220 valence electrons. The third-order valence-corrected chi connectivity index (χ3v) is 9.00. The van der Waals surface area contributed by atoms with Crippen LogP contribution >= 0.6 is 34.8 Å². The molecule has 0 unspecified atom stereocenters. The monoisotopic (exact) mass is 626 g/mol. The molecule has 1 aromatic heterocycles. The Bertz CT molecular complexity index is 1510. The van der Waals surface area contributed by atoms with Gasteiger partial charge in [-0.25, -0.2) is 4.98 Å². The normalized spacial score (nSPS) is 18.0. The maximum atomic E-state index is 12.9. The Morgan fingerprint density at radius 1 is 0.976 bits per heavy atom. The van der Waals surface area contributed by atoms with E-state index in [2.05, 4.69) is 33.1 Å². The van der Waals surface area contributed by atoms with Crippen molar-refractivity contribution in [3.63, 3.8) is 0 Å². The number of piperazine rings is 1. The molecule has 2 aliphatic heterocycles. The number of hydrogen-bond donors (Lipinski definition) is 1. The second-order valence-corrected chi connectivity index (χ2v) is 11.9. The maximum Gasteiger partial charge on any atom is 0.253 e. The molecule has 8 nitrogen and oxygen atoms in total. The predicted molar refractivity (Wildman–Crippen MR) is 167 cm³/mol. The van der Waals surface area contributed by atoms with E-state index in [-0.39, 0.29) is 19.3 Å². The van der Waals surface area contributed by atoms with Crippen LogP contribution in [0.1, 0.15) is 53.0 Å². The van der Waals surface area contributed by atoms with Crippen molar-refractivity contribution >= 4 is 52.4 Å². The largest absolute Gasteiger partial charge is 0.353 e. The Labute approximate surface area is 262 Å². The predicted octanol–water partition coefficient (Wildman–Crippen LogP) is 5.90. The number of anilines is 1. The maximum absolute atomic E-state index is 12.9. The minimum Gasteiger partial charge on any atom is -0.353 e. The van der Waals surface area contributed by atoms with Gasteiger partial charge in [0.1, 0.15) is 5.82 Å². The Hall–Kier alpha value is -3.35. The van der Waals surface area contributed by atoms with Gasteiger partial charge in [-0.2, -0.15) is 5.26 Å². The zero-order valence-electron chi connectivity index (χ0n) is 23.2. The number of aromatic nitrogens is 1. The Balaban J connectivity index is 0.00000423. The van der Waals surface area contributed by atoms with Crippen molar-refractivity contribution in [2.24, 2.45) is 0 Å². The van der Waals surface area contributed by atoms with Crippen LogP contribution in [0.3, 0.4) is 0 Å². The van der Waals surface area contributed by atoms with Crippen molar-refractivity contribution in [2.45, 2.75) is 38.4 Å². The van der Waals surface area contributed by atoms with Crippen LogP contribution in [0.4, 0.5) is 5.82 Å². The fourth-order valence-electron chi connectivity index (χ4n) is 5.70. The molecule has 1 N–H and O–H groups in total. The molecule has 2 aliphatic rings. The molecule has 2 fully saturated rings. The van der Waals surface area contributed by atoms with Crippen molar-refractivity contribution in [1.82, 2.24) is 20.1 Å². The van der Waals surface area contributed by atoms with E-state index < -0.39 is 0 Å². The highest BCUT2D eigenvalue weighted by molar-refractivity contribution is 6.42. The number of nitrogens with one attached hydrogen (secondary N) is 1. The number of piperidine rings is 1. The zero-order chi connectivity index (χ0) is 29.8. The molecule has 1 atom stereocenters. The third-order valence-electron chi connectivity index (χ3n) is 7.98. The van der Waals surface area contributed by atoms with Crippen LogP contribution in [0.15, 0.2) is 54.7 Å². The van der Waals surface area contributed by atoms with Gasteiger partial charge in [-0.05, 0) is 67.8 Å². The van der Waals surface area contributed by atoms with Crippen molar-refractivity contribution in [3.05, 3.63) is 92.0 Å². The van der Waals surface area contributed by atoms with E-state index in [4.69, 9.17) is 40.1 Å². The summed E-state index contributed by atoms with van der Waals surface area (Å²) >= 11 is 18.7. The molecule has 0 saturated carbocycles. The zero-order valence-corrected chi connectivity index (χ0v) is 25.5. The second kappa shape index (κ2) is 13.3. The number of nitrogens with zero attached hydrogens (tertiary/aromatic N) is 5. The van der Waals surface area contributed by atoms with E-state index in [1.54, 1.807) is 48.7 Å². The number of halogens is 3. The number of carbonyl (C=O) groups excluding carboxylic acids is 2. The summed E-state index contributed by atoms with van der Waals surface area (Å²) in [5, 5.41) is 13.2. The number of hydrogen-bond acceptors (Lipinski definition) is 6. The van der Waals surface area contributed by atoms with Crippen molar-refractivity contribution in [2.75, 3.05) is 37.6 Å². The van der Waals surface area contributed by atoms with Crippen LogP contribution in [-0.2, 0) is 6.54 Å². The highest BCUT2D eigenvalue weighted by Crippen LogP contribution is 2.29. The van der Waals surface area contributed by atoms with Crippen molar-refractivity contribution in [1.29, 1.82) is 5.26 Å². The molecule has 0 aliphatic carbocycles. The molecule has 0 spiro atoms.